The molecule has 1 saturated carbocycles. The summed E-state index contributed by atoms with van der Waals surface area (Å²) in [6.45, 7) is 2.31. The van der Waals surface area contributed by atoms with Crippen LogP contribution in [0.4, 0.5) is 5.69 Å². The molecule has 0 atom stereocenters. The molecule has 0 saturated heterocycles. The van der Waals surface area contributed by atoms with Gasteiger partial charge in [0, 0.05) is 41.9 Å². The number of nitrogens with two attached hydrogens (primary N) is 1. The van der Waals surface area contributed by atoms with E-state index in [1.165, 1.54) is 31.2 Å². The van der Waals surface area contributed by atoms with Gasteiger partial charge in [-0.1, -0.05) is 38.5 Å². The average molecular weight is 911 g/mol. The maximum atomic E-state index is 11.6. The van der Waals surface area contributed by atoms with Crippen molar-refractivity contribution in [2.75, 3.05) is 5.73 Å². The molecule has 0 amide bonds. The largest absolute Gasteiger partial charge is 1.00 e. The number of benzene rings is 3. The second-order valence-corrected chi connectivity index (χ2v) is 7.63. The molecule has 4 rings (SSSR count). The fraction of sp³-hybridized carbons (Fsp3) is 0.269. The SMILES string of the molecule is CC1CCC(c2c[c-]c(-c3c[c-]c(-c4c[c-]c(N)[c-]c4)[c-]c3)c([C-]=O)c2)CC1.[Es].[K+].[K+].[K+].[K+].[La]. The Labute approximate surface area is 397 Å². The Morgan fingerprint density at radius 2 is 1.35 bits per heavy atom. The van der Waals surface area contributed by atoms with Crippen LogP contribution in [0.1, 0.15) is 49.7 Å². The van der Waals surface area contributed by atoms with E-state index in [2.05, 4.69) is 43.5 Å². The van der Waals surface area contributed by atoms with Crippen molar-refractivity contribution in [2.24, 2.45) is 5.92 Å². The molecule has 1 aliphatic rings. The Kier molecular flexibility index (Phi) is 26.9. The molecule has 156 valence electrons. The van der Waals surface area contributed by atoms with E-state index in [-0.39, 0.29) is 241 Å². The van der Waals surface area contributed by atoms with E-state index in [1.807, 2.05) is 24.3 Å². The summed E-state index contributed by atoms with van der Waals surface area (Å²) in [7, 11) is 0. The van der Waals surface area contributed by atoms with Crippen LogP contribution in [0, 0.1) is 71.8 Å². The molecule has 1 fully saturated rings. The summed E-state index contributed by atoms with van der Waals surface area (Å²) in [6, 6.07) is 26.9. The standard InChI is InChI=1S/C26H21NO.Es.4K.La/c1-18-2-4-21(5-3-18)23-12-15-26(24(16-23)17-28)22-8-6-19(7-9-22)20-10-13-25(27)14-11-20;;;;;;/h8-12,16,18,21H,2-5,27H2,1H3;;;;;;/q-6;;4*+1;. The third-order valence-corrected chi connectivity index (χ3v) is 5.65. The number of hydrogen-bond acceptors (Lipinski definition) is 2. The number of rotatable bonds is 4. The first-order valence-corrected chi connectivity index (χ1v) is 9.71. The summed E-state index contributed by atoms with van der Waals surface area (Å²) in [5, 5.41) is 0. The Balaban J connectivity index is -0.00000160. The minimum absolute atomic E-state index is 0. The molecule has 1 aliphatic carbocycles. The predicted molar refractivity (Wildman–Crippen MR) is 111 cm³/mol. The second-order valence-electron chi connectivity index (χ2n) is 7.63. The van der Waals surface area contributed by atoms with Gasteiger partial charge in [0.25, 0.3) is 0 Å². The molecule has 8 heteroatoms. The summed E-state index contributed by atoms with van der Waals surface area (Å²) >= 11 is 0. The first kappa shape index (κ1) is 42.3. The zero-order valence-electron chi connectivity index (χ0n) is 20.8. The number of carbonyl (C=O) groups excluding carboxylic acids is 1. The predicted octanol–water partition coefficient (Wildman–Crippen LogP) is -6.63. The monoisotopic (exact) mass is 910 g/mol. The van der Waals surface area contributed by atoms with Gasteiger partial charge in [-0.15, -0.1) is 0 Å². The third kappa shape index (κ3) is 11.8. The normalized spacial score (nSPS) is 15.9. The van der Waals surface area contributed by atoms with Crippen molar-refractivity contribution in [1.29, 1.82) is 0 Å². The van der Waals surface area contributed by atoms with Crippen LogP contribution in [0.15, 0.2) is 36.4 Å². The fourth-order valence-corrected chi connectivity index (χ4v) is 3.90. The van der Waals surface area contributed by atoms with Gasteiger partial charge in [0.2, 0.25) is 0 Å². The van der Waals surface area contributed by atoms with E-state index in [0.717, 1.165) is 28.2 Å². The van der Waals surface area contributed by atoms with Crippen LogP contribution in [0.3, 0.4) is 0 Å². The first-order chi connectivity index (χ1) is 13.6. The maximum absolute atomic E-state index is 11.6. The molecular weight excluding hydrogens is 890 g/mol. The van der Waals surface area contributed by atoms with Crippen LogP contribution < -0.4 is 211 Å². The molecule has 0 heterocycles. The van der Waals surface area contributed by atoms with E-state index in [1.54, 1.807) is 12.1 Å². The van der Waals surface area contributed by atoms with Crippen LogP contribution in [0.2, 0.25) is 0 Å². The van der Waals surface area contributed by atoms with Crippen LogP contribution in [0.5, 0.6) is 0 Å². The molecule has 3 aromatic rings. The molecule has 2 N–H and O–H groups in total. The topological polar surface area (TPSA) is 43.1 Å². The molecule has 3 aromatic carbocycles. The van der Waals surface area contributed by atoms with Gasteiger partial charge in [-0.2, -0.15) is 11.6 Å². The molecule has 0 bridgehead atoms. The van der Waals surface area contributed by atoms with E-state index in [9.17, 15) is 4.79 Å². The molecule has 34 heavy (non-hydrogen) atoms. The van der Waals surface area contributed by atoms with Crippen molar-refractivity contribution in [2.45, 2.75) is 38.5 Å². The van der Waals surface area contributed by atoms with Crippen LogP contribution >= 0.6 is 0 Å². The van der Waals surface area contributed by atoms with Gasteiger partial charge in [-0.05, 0) is 5.92 Å². The number of anilines is 1. The molecule has 0 aliphatic heterocycles. The average Bonchev–Trinajstić information content (AvgIpc) is 2.74. The van der Waals surface area contributed by atoms with E-state index in [0.29, 0.717) is 17.2 Å². The Morgan fingerprint density at radius 1 is 0.824 bits per heavy atom. The van der Waals surface area contributed by atoms with Crippen molar-refractivity contribution in [3.63, 3.8) is 0 Å². The van der Waals surface area contributed by atoms with Gasteiger partial charge < -0.3 is 28.2 Å². The summed E-state index contributed by atoms with van der Waals surface area (Å²) in [5.41, 5.74) is 11.2. The van der Waals surface area contributed by atoms with E-state index < -0.39 is 0 Å². The number of nitrogen functional groups attached to an aromatic ring is 1. The van der Waals surface area contributed by atoms with Crippen LogP contribution in [-0.2, 0) is 4.79 Å². The zero-order valence-corrected chi connectivity index (χ0v) is 39.4. The molecule has 0 unspecified atom stereocenters. The van der Waals surface area contributed by atoms with Crippen molar-refractivity contribution in [3.05, 3.63) is 77.9 Å². The molecule has 2 nitrogen and oxygen atoms in total. The van der Waals surface area contributed by atoms with Crippen molar-refractivity contribution < 1.29 is 246 Å². The maximum Gasteiger partial charge on any atom is 1.00 e. The van der Waals surface area contributed by atoms with E-state index >= 15 is 0 Å². The molecule has 0 aromatic heterocycles. The van der Waals surface area contributed by atoms with Crippen LogP contribution in [-0.4, -0.2) is 6.29 Å². The minimum Gasteiger partial charge on any atom is -0.443 e. The van der Waals surface area contributed by atoms with Gasteiger partial charge in [0.15, 0.2) is 0 Å². The first-order valence-electron chi connectivity index (χ1n) is 9.71. The van der Waals surface area contributed by atoms with Gasteiger partial charge in [-0.3, -0.25) is 41.0 Å². The minimum atomic E-state index is 0. The molecule has 2 radical (unpaired) electrons. The quantitative estimate of drug-likeness (QED) is 0.161. The molecular formula is C26H21EsK4LaNO-2. The Hall–Kier alpha value is 3.87. The van der Waals surface area contributed by atoms with Crippen molar-refractivity contribution in [3.8, 4) is 22.3 Å². The summed E-state index contributed by atoms with van der Waals surface area (Å²) < 4.78 is 0. The fourth-order valence-electron chi connectivity index (χ4n) is 3.90. The Morgan fingerprint density at radius 3 is 1.88 bits per heavy atom. The van der Waals surface area contributed by atoms with Crippen LogP contribution in [0.25, 0.3) is 22.3 Å². The van der Waals surface area contributed by atoms with Crippen molar-refractivity contribution in [1.82, 2.24) is 0 Å². The Bertz CT molecular complexity index is 979. The number of hydrogen-bond donors (Lipinski definition) is 1. The van der Waals surface area contributed by atoms with Gasteiger partial charge in [0.1, 0.15) is 0 Å². The second kappa shape index (κ2) is 21.6. The van der Waals surface area contributed by atoms with Gasteiger partial charge in [-0.25, -0.2) is 35.5 Å². The van der Waals surface area contributed by atoms with Gasteiger partial charge >= 0.3 is 206 Å². The summed E-state index contributed by atoms with van der Waals surface area (Å²) in [6.07, 6.45) is 6.96. The summed E-state index contributed by atoms with van der Waals surface area (Å²) in [5.74, 6) is 1.32. The molecule has 0 spiro atoms. The zero-order chi connectivity index (χ0) is 19.5. The van der Waals surface area contributed by atoms with E-state index in [4.69, 9.17) is 5.73 Å². The third-order valence-electron chi connectivity index (χ3n) is 5.65. The summed E-state index contributed by atoms with van der Waals surface area (Å²) in [4.78, 5) is 11.6. The van der Waals surface area contributed by atoms with Gasteiger partial charge in [0.05, 0.1) is 0 Å². The van der Waals surface area contributed by atoms with Crippen molar-refractivity contribution >= 4 is 12.0 Å². The smallest absolute Gasteiger partial charge is 0.443 e.